The number of fused-ring (bicyclic) bond motifs is 1. The molecule has 0 amide bonds. The molecule has 130 valence electrons. The van der Waals surface area contributed by atoms with Crippen LogP contribution in [0, 0.1) is 11.7 Å². The minimum Gasteiger partial charge on any atom is -0.207 e. The molecule has 1 heteroatoms. The van der Waals surface area contributed by atoms with Gasteiger partial charge < -0.3 is 0 Å². The molecule has 0 aliphatic heterocycles. The first-order valence-corrected chi connectivity index (χ1v) is 9.82. The van der Waals surface area contributed by atoms with Crippen molar-refractivity contribution in [3.05, 3.63) is 70.5 Å². The molecule has 0 radical (unpaired) electrons. The Morgan fingerprint density at radius 1 is 0.920 bits per heavy atom. The van der Waals surface area contributed by atoms with Crippen LogP contribution < -0.4 is 0 Å². The number of hydrogen-bond acceptors (Lipinski definition) is 0. The van der Waals surface area contributed by atoms with E-state index in [4.69, 9.17) is 0 Å². The Hall–Kier alpha value is -1.89. The first-order valence-electron chi connectivity index (χ1n) is 9.82. The molecule has 0 heterocycles. The fourth-order valence-corrected chi connectivity index (χ4v) is 4.56. The van der Waals surface area contributed by atoms with E-state index in [1.165, 1.54) is 54.4 Å². The fourth-order valence-electron chi connectivity index (χ4n) is 4.56. The van der Waals surface area contributed by atoms with Gasteiger partial charge in [0.2, 0.25) is 0 Å². The van der Waals surface area contributed by atoms with Crippen molar-refractivity contribution in [3.63, 3.8) is 0 Å². The third-order valence-electron chi connectivity index (χ3n) is 6.28. The van der Waals surface area contributed by atoms with Crippen LogP contribution in [-0.4, -0.2) is 0 Å². The van der Waals surface area contributed by atoms with Crippen LogP contribution in [0.15, 0.2) is 42.5 Å². The molecule has 4 rings (SSSR count). The summed E-state index contributed by atoms with van der Waals surface area (Å²) in [4.78, 5) is 0. The van der Waals surface area contributed by atoms with Crippen LogP contribution in [0.1, 0.15) is 73.6 Å². The lowest BCUT2D eigenvalue weighted by Crippen LogP contribution is -2.12. The third-order valence-corrected chi connectivity index (χ3v) is 6.28. The predicted octanol–water partition coefficient (Wildman–Crippen LogP) is 7.00. The zero-order valence-electron chi connectivity index (χ0n) is 15.1. The van der Waals surface area contributed by atoms with E-state index in [0.29, 0.717) is 0 Å². The summed E-state index contributed by atoms with van der Waals surface area (Å²) < 4.78 is 13.4. The molecular weight excluding hydrogens is 307 g/mol. The molecule has 2 aromatic carbocycles. The number of allylic oxidation sites excluding steroid dienone is 1. The van der Waals surface area contributed by atoms with Gasteiger partial charge in [0.05, 0.1) is 0 Å². The molecule has 0 unspecified atom stereocenters. The van der Waals surface area contributed by atoms with Crippen molar-refractivity contribution in [2.24, 2.45) is 5.92 Å². The second kappa shape index (κ2) is 7.15. The maximum Gasteiger partial charge on any atom is 0.123 e. The van der Waals surface area contributed by atoms with E-state index in [1.807, 2.05) is 6.07 Å². The van der Waals surface area contributed by atoms with Crippen molar-refractivity contribution in [2.75, 3.05) is 0 Å². The Labute approximate surface area is 150 Å². The number of benzene rings is 2. The molecule has 1 saturated carbocycles. The Bertz CT molecular complexity index is 761. The highest BCUT2D eigenvalue weighted by molar-refractivity contribution is 5.84. The van der Waals surface area contributed by atoms with E-state index in [-0.39, 0.29) is 5.82 Å². The third kappa shape index (κ3) is 3.56. The van der Waals surface area contributed by atoms with E-state index in [0.717, 1.165) is 30.2 Å². The highest BCUT2D eigenvalue weighted by atomic mass is 19.1. The van der Waals surface area contributed by atoms with Gasteiger partial charge in [0.1, 0.15) is 5.82 Å². The lowest BCUT2D eigenvalue weighted by atomic mass is 9.77. The van der Waals surface area contributed by atoms with Gasteiger partial charge in [0, 0.05) is 0 Å². The van der Waals surface area contributed by atoms with Crippen molar-refractivity contribution < 1.29 is 4.39 Å². The van der Waals surface area contributed by atoms with Crippen LogP contribution in [0.3, 0.4) is 0 Å². The standard InChI is InChI=1S/C24H27F/c1-2-17-3-5-18(6-4-17)19-7-9-20(10-8-19)21-11-12-23-16-24(25)14-13-22(23)15-21/h7-10,13-18H,2-6,11-12H2,1H3. The zero-order chi connectivity index (χ0) is 17.2. The molecule has 0 saturated heterocycles. The molecule has 1 fully saturated rings. The SMILES string of the molecule is CCC1CCC(c2ccc(C3=Cc4ccc(F)cc4CC3)cc2)CC1. The van der Waals surface area contributed by atoms with Crippen molar-refractivity contribution in [1.82, 2.24) is 0 Å². The van der Waals surface area contributed by atoms with Crippen LogP contribution in [-0.2, 0) is 6.42 Å². The summed E-state index contributed by atoms with van der Waals surface area (Å²) in [7, 11) is 0. The minimum atomic E-state index is -0.127. The monoisotopic (exact) mass is 334 g/mol. The number of aryl methyl sites for hydroxylation is 1. The summed E-state index contributed by atoms with van der Waals surface area (Å²) in [6.07, 6.45) is 11.0. The molecular formula is C24H27F. The lowest BCUT2D eigenvalue weighted by molar-refractivity contribution is 0.319. The van der Waals surface area contributed by atoms with E-state index in [1.54, 1.807) is 12.1 Å². The molecule has 2 aliphatic rings. The van der Waals surface area contributed by atoms with Crippen molar-refractivity contribution >= 4 is 11.6 Å². The minimum absolute atomic E-state index is 0.127. The molecule has 0 atom stereocenters. The largest absolute Gasteiger partial charge is 0.207 e. The second-order valence-electron chi connectivity index (χ2n) is 7.76. The van der Waals surface area contributed by atoms with E-state index < -0.39 is 0 Å². The molecule has 2 aromatic rings. The Balaban J connectivity index is 1.50. The topological polar surface area (TPSA) is 0 Å². The Kier molecular flexibility index (Phi) is 4.74. The lowest BCUT2D eigenvalue weighted by Gasteiger charge is -2.28. The second-order valence-corrected chi connectivity index (χ2v) is 7.76. The van der Waals surface area contributed by atoms with Crippen LogP contribution in [0.25, 0.3) is 11.6 Å². The van der Waals surface area contributed by atoms with E-state index in [9.17, 15) is 4.39 Å². The van der Waals surface area contributed by atoms with Gasteiger partial charge in [-0.05, 0) is 90.3 Å². The van der Waals surface area contributed by atoms with Crippen LogP contribution in [0.4, 0.5) is 4.39 Å². The number of halogens is 1. The Morgan fingerprint density at radius 2 is 1.68 bits per heavy atom. The molecule has 0 spiro atoms. The van der Waals surface area contributed by atoms with Crippen molar-refractivity contribution in [3.8, 4) is 0 Å². The smallest absolute Gasteiger partial charge is 0.123 e. The normalized spacial score (nSPS) is 23.0. The van der Waals surface area contributed by atoms with Gasteiger partial charge in [0.25, 0.3) is 0 Å². The number of hydrogen-bond donors (Lipinski definition) is 0. The quantitative estimate of drug-likeness (QED) is 0.567. The molecule has 0 N–H and O–H groups in total. The van der Waals surface area contributed by atoms with Gasteiger partial charge in [-0.3, -0.25) is 0 Å². The summed E-state index contributed by atoms with van der Waals surface area (Å²) in [5.74, 6) is 1.58. The number of rotatable bonds is 3. The van der Waals surface area contributed by atoms with Crippen LogP contribution >= 0.6 is 0 Å². The Morgan fingerprint density at radius 3 is 2.40 bits per heavy atom. The van der Waals surface area contributed by atoms with Gasteiger partial charge in [-0.15, -0.1) is 0 Å². The zero-order valence-corrected chi connectivity index (χ0v) is 15.1. The first-order chi connectivity index (χ1) is 12.2. The summed E-state index contributed by atoms with van der Waals surface area (Å²) in [5.41, 5.74) is 6.51. The fraction of sp³-hybridized carbons (Fsp3) is 0.417. The van der Waals surface area contributed by atoms with Gasteiger partial charge in [-0.1, -0.05) is 49.8 Å². The van der Waals surface area contributed by atoms with Gasteiger partial charge in [0.15, 0.2) is 0 Å². The molecule has 0 nitrogen and oxygen atoms in total. The molecule has 2 aliphatic carbocycles. The predicted molar refractivity (Wildman–Crippen MR) is 104 cm³/mol. The molecule has 25 heavy (non-hydrogen) atoms. The maximum atomic E-state index is 13.4. The average Bonchev–Trinajstić information content (AvgIpc) is 2.68. The van der Waals surface area contributed by atoms with Gasteiger partial charge in [-0.25, -0.2) is 4.39 Å². The average molecular weight is 334 g/mol. The highest BCUT2D eigenvalue weighted by Gasteiger charge is 2.21. The van der Waals surface area contributed by atoms with Crippen molar-refractivity contribution in [1.29, 1.82) is 0 Å². The van der Waals surface area contributed by atoms with E-state index >= 15 is 0 Å². The van der Waals surface area contributed by atoms with E-state index in [2.05, 4.69) is 37.3 Å². The summed E-state index contributed by atoms with van der Waals surface area (Å²) in [5, 5.41) is 0. The summed E-state index contributed by atoms with van der Waals surface area (Å²) in [6, 6.07) is 14.4. The summed E-state index contributed by atoms with van der Waals surface area (Å²) in [6.45, 7) is 2.32. The summed E-state index contributed by atoms with van der Waals surface area (Å²) >= 11 is 0. The molecule has 0 aromatic heterocycles. The van der Waals surface area contributed by atoms with Gasteiger partial charge >= 0.3 is 0 Å². The van der Waals surface area contributed by atoms with Crippen LogP contribution in [0.2, 0.25) is 0 Å². The van der Waals surface area contributed by atoms with Crippen molar-refractivity contribution in [2.45, 2.75) is 57.8 Å². The first kappa shape index (κ1) is 16.6. The molecule has 0 bridgehead atoms. The highest BCUT2D eigenvalue weighted by Crippen LogP contribution is 2.38. The van der Waals surface area contributed by atoms with Gasteiger partial charge in [-0.2, -0.15) is 0 Å². The van der Waals surface area contributed by atoms with Crippen LogP contribution in [0.5, 0.6) is 0 Å². The maximum absolute atomic E-state index is 13.4.